The van der Waals surface area contributed by atoms with Crippen molar-refractivity contribution in [3.05, 3.63) is 56.8 Å². The van der Waals surface area contributed by atoms with Crippen LogP contribution >= 0.6 is 34.8 Å². The van der Waals surface area contributed by atoms with Crippen molar-refractivity contribution in [3.8, 4) is 0 Å². The summed E-state index contributed by atoms with van der Waals surface area (Å²) < 4.78 is 0. The van der Waals surface area contributed by atoms with Gasteiger partial charge in [0.15, 0.2) is 0 Å². The van der Waals surface area contributed by atoms with Gasteiger partial charge in [0.25, 0.3) is 5.91 Å². The number of carbonyl (C=O) groups is 1. The smallest absolute Gasteiger partial charge is 0.270 e. The van der Waals surface area contributed by atoms with E-state index in [0.29, 0.717) is 15.7 Å². The number of rotatable bonds is 3. The molecule has 1 N–H and O–H groups in total. The fourth-order valence-corrected chi connectivity index (χ4v) is 2.39. The molecule has 0 spiro atoms. The highest BCUT2D eigenvalue weighted by molar-refractivity contribution is 6.41. The fraction of sp³-hybridized carbons (Fsp3) is 0.214. The third kappa shape index (κ3) is 3.11. The molecule has 2 rings (SSSR count). The summed E-state index contributed by atoms with van der Waals surface area (Å²) in [4.78, 5) is 16.7. The highest BCUT2D eigenvalue weighted by Gasteiger charge is 2.21. The van der Waals surface area contributed by atoms with E-state index in [9.17, 15) is 4.79 Å². The number of aromatic amines is 1. The Hall–Kier alpha value is -1.16. The number of amides is 1. The van der Waals surface area contributed by atoms with E-state index in [-0.39, 0.29) is 17.1 Å². The number of halogens is 3. The normalized spacial score (nSPS) is 12.2. The van der Waals surface area contributed by atoms with Crippen molar-refractivity contribution < 1.29 is 4.79 Å². The molecule has 0 aliphatic heterocycles. The van der Waals surface area contributed by atoms with Crippen molar-refractivity contribution >= 4 is 40.7 Å². The van der Waals surface area contributed by atoms with Crippen LogP contribution in [0.3, 0.4) is 0 Å². The number of hydrogen-bond donors (Lipinski definition) is 1. The maximum atomic E-state index is 12.4. The van der Waals surface area contributed by atoms with Crippen molar-refractivity contribution in [1.29, 1.82) is 0 Å². The molecule has 1 aromatic carbocycles. The SMILES string of the molecule is CC(c1cccc(Cl)c1)N(C)C(=O)c1cc(Cl)c(Cl)[nH]1. The summed E-state index contributed by atoms with van der Waals surface area (Å²) in [6.45, 7) is 1.93. The Morgan fingerprint density at radius 1 is 1.25 bits per heavy atom. The second-order valence-electron chi connectivity index (χ2n) is 4.49. The molecule has 0 saturated carbocycles. The maximum Gasteiger partial charge on any atom is 0.270 e. The van der Waals surface area contributed by atoms with Gasteiger partial charge < -0.3 is 9.88 Å². The van der Waals surface area contributed by atoms with Gasteiger partial charge in [-0.2, -0.15) is 0 Å². The lowest BCUT2D eigenvalue weighted by Gasteiger charge is -2.25. The second kappa shape index (κ2) is 6.08. The van der Waals surface area contributed by atoms with E-state index in [1.165, 1.54) is 6.07 Å². The number of benzene rings is 1. The van der Waals surface area contributed by atoms with Crippen LogP contribution in [0.1, 0.15) is 29.0 Å². The van der Waals surface area contributed by atoms with Crippen LogP contribution in [-0.4, -0.2) is 22.8 Å². The number of aromatic nitrogens is 1. The first kappa shape index (κ1) is 15.2. The molecular formula is C14H13Cl3N2O. The summed E-state index contributed by atoms with van der Waals surface area (Å²) in [6, 6.07) is 8.81. The average Bonchev–Trinajstić information content (AvgIpc) is 2.76. The summed E-state index contributed by atoms with van der Waals surface area (Å²) in [5.74, 6) is -0.189. The molecule has 0 bridgehead atoms. The minimum atomic E-state index is -0.189. The molecule has 0 radical (unpaired) electrons. The average molecular weight is 332 g/mol. The molecule has 0 fully saturated rings. The van der Waals surface area contributed by atoms with Gasteiger partial charge in [-0.1, -0.05) is 46.9 Å². The zero-order valence-electron chi connectivity index (χ0n) is 11.0. The molecule has 106 valence electrons. The molecular weight excluding hydrogens is 319 g/mol. The maximum absolute atomic E-state index is 12.4. The third-order valence-corrected chi connectivity index (χ3v) is 4.12. The topological polar surface area (TPSA) is 36.1 Å². The van der Waals surface area contributed by atoms with Crippen molar-refractivity contribution in [3.63, 3.8) is 0 Å². The van der Waals surface area contributed by atoms with Gasteiger partial charge in [0.2, 0.25) is 0 Å². The van der Waals surface area contributed by atoms with E-state index < -0.39 is 0 Å². The van der Waals surface area contributed by atoms with Crippen LogP contribution in [0.15, 0.2) is 30.3 Å². The molecule has 0 saturated heterocycles. The molecule has 0 aliphatic carbocycles. The van der Waals surface area contributed by atoms with Crippen molar-refractivity contribution in [1.82, 2.24) is 9.88 Å². The van der Waals surface area contributed by atoms with Gasteiger partial charge in [-0.05, 0) is 30.7 Å². The molecule has 20 heavy (non-hydrogen) atoms. The predicted octanol–water partition coefficient (Wildman–Crippen LogP) is 4.81. The van der Waals surface area contributed by atoms with Crippen LogP contribution in [0.25, 0.3) is 0 Å². The second-order valence-corrected chi connectivity index (χ2v) is 5.71. The van der Waals surface area contributed by atoms with Crippen LogP contribution in [-0.2, 0) is 0 Å². The van der Waals surface area contributed by atoms with Crippen LogP contribution in [0.4, 0.5) is 0 Å². The molecule has 1 amide bonds. The first-order valence-corrected chi connectivity index (χ1v) is 7.10. The Bertz CT molecular complexity index is 620. The summed E-state index contributed by atoms with van der Waals surface area (Å²) in [7, 11) is 1.72. The van der Waals surface area contributed by atoms with Gasteiger partial charge >= 0.3 is 0 Å². The van der Waals surface area contributed by atoms with Gasteiger partial charge in [0, 0.05) is 12.1 Å². The zero-order valence-corrected chi connectivity index (χ0v) is 13.2. The van der Waals surface area contributed by atoms with Crippen molar-refractivity contribution in [2.45, 2.75) is 13.0 Å². The zero-order chi connectivity index (χ0) is 14.9. The van der Waals surface area contributed by atoms with Crippen LogP contribution < -0.4 is 0 Å². The lowest BCUT2D eigenvalue weighted by atomic mass is 10.1. The number of H-pyrrole nitrogens is 1. The van der Waals surface area contributed by atoms with Gasteiger partial charge in [0.1, 0.15) is 10.8 Å². The largest absolute Gasteiger partial charge is 0.340 e. The van der Waals surface area contributed by atoms with Crippen LogP contribution in [0, 0.1) is 0 Å². The third-order valence-electron chi connectivity index (χ3n) is 3.19. The van der Waals surface area contributed by atoms with E-state index in [1.54, 1.807) is 18.0 Å². The minimum Gasteiger partial charge on any atom is -0.340 e. The molecule has 6 heteroatoms. The minimum absolute atomic E-state index is 0.123. The van der Waals surface area contributed by atoms with E-state index in [0.717, 1.165) is 5.56 Å². The van der Waals surface area contributed by atoms with E-state index in [4.69, 9.17) is 34.8 Å². The number of carbonyl (C=O) groups excluding carboxylic acids is 1. The first-order chi connectivity index (χ1) is 9.40. The highest BCUT2D eigenvalue weighted by Crippen LogP contribution is 2.26. The lowest BCUT2D eigenvalue weighted by molar-refractivity contribution is 0.0737. The fourth-order valence-electron chi connectivity index (χ4n) is 1.88. The summed E-state index contributed by atoms with van der Waals surface area (Å²) in [6.07, 6.45) is 0. The number of hydrogen-bond acceptors (Lipinski definition) is 1. The highest BCUT2D eigenvalue weighted by atomic mass is 35.5. The number of nitrogens with zero attached hydrogens (tertiary/aromatic N) is 1. The summed E-state index contributed by atoms with van der Waals surface area (Å²) in [5.41, 5.74) is 1.31. The molecule has 1 aromatic heterocycles. The Kier molecular flexibility index (Phi) is 4.63. The Morgan fingerprint density at radius 3 is 2.50 bits per heavy atom. The standard InChI is InChI=1S/C14H13Cl3N2O/c1-8(9-4-3-5-10(15)6-9)19(2)14(20)12-7-11(16)13(17)18-12/h3-8,18H,1-2H3. The molecule has 3 nitrogen and oxygen atoms in total. The lowest BCUT2D eigenvalue weighted by Crippen LogP contribution is -2.29. The molecule has 1 unspecified atom stereocenters. The monoisotopic (exact) mass is 330 g/mol. The van der Waals surface area contributed by atoms with Crippen molar-refractivity contribution in [2.24, 2.45) is 0 Å². The van der Waals surface area contributed by atoms with E-state index >= 15 is 0 Å². The predicted molar refractivity (Wildman–Crippen MR) is 82.8 cm³/mol. The van der Waals surface area contributed by atoms with Gasteiger partial charge in [-0.15, -0.1) is 0 Å². The van der Waals surface area contributed by atoms with E-state index in [1.807, 2.05) is 25.1 Å². The first-order valence-electron chi connectivity index (χ1n) is 5.96. The molecule has 1 heterocycles. The van der Waals surface area contributed by atoms with Gasteiger partial charge in [-0.3, -0.25) is 4.79 Å². The van der Waals surface area contributed by atoms with Crippen LogP contribution in [0.5, 0.6) is 0 Å². The summed E-state index contributed by atoms with van der Waals surface area (Å²) >= 11 is 17.6. The molecule has 2 aromatic rings. The Morgan fingerprint density at radius 2 is 1.95 bits per heavy atom. The summed E-state index contributed by atoms with van der Waals surface area (Å²) in [5, 5.41) is 1.24. The van der Waals surface area contributed by atoms with Crippen molar-refractivity contribution in [2.75, 3.05) is 7.05 Å². The molecule has 1 atom stereocenters. The number of nitrogens with one attached hydrogen (secondary N) is 1. The van der Waals surface area contributed by atoms with Gasteiger partial charge in [-0.25, -0.2) is 0 Å². The molecule has 0 aliphatic rings. The van der Waals surface area contributed by atoms with Gasteiger partial charge in [0.05, 0.1) is 11.1 Å². The Labute approximate surface area is 132 Å². The van der Waals surface area contributed by atoms with E-state index in [2.05, 4.69) is 4.98 Å². The Balaban J connectivity index is 2.22. The van der Waals surface area contributed by atoms with Crippen LogP contribution in [0.2, 0.25) is 15.2 Å². The quantitative estimate of drug-likeness (QED) is 0.861.